The molecule has 0 bridgehead atoms. The van der Waals surface area contributed by atoms with Crippen LogP contribution in [0.15, 0.2) is 65.7 Å². The summed E-state index contributed by atoms with van der Waals surface area (Å²) in [6.45, 7) is 0. The molecule has 4 rings (SSSR count). The first-order chi connectivity index (χ1) is 9.84. The summed E-state index contributed by atoms with van der Waals surface area (Å²) in [7, 11) is 0. The summed E-state index contributed by atoms with van der Waals surface area (Å²) in [6.07, 6.45) is 1.61. The topological polar surface area (TPSA) is 34.9 Å². The van der Waals surface area contributed by atoms with Crippen LogP contribution in [0.1, 0.15) is 0 Å². The van der Waals surface area contributed by atoms with Crippen LogP contribution in [0.3, 0.4) is 0 Å². The van der Waals surface area contributed by atoms with Crippen LogP contribution < -0.4 is 5.56 Å². The number of aromatic nitrogens is 2. The summed E-state index contributed by atoms with van der Waals surface area (Å²) >= 11 is 1.50. The first-order valence-electron chi connectivity index (χ1n) is 6.29. The summed E-state index contributed by atoms with van der Waals surface area (Å²) in [5.74, 6) is 0. The van der Waals surface area contributed by atoms with Crippen molar-refractivity contribution in [1.82, 2.24) is 9.55 Å². The van der Waals surface area contributed by atoms with E-state index in [0.717, 1.165) is 21.3 Å². The largest absolute Gasteiger partial charge is 0.275 e. The van der Waals surface area contributed by atoms with Crippen molar-refractivity contribution < 1.29 is 0 Å². The first kappa shape index (κ1) is 11.4. The lowest BCUT2D eigenvalue weighted by molar-refractivity contribution is 0.968. The summed E-state index contributed by atoms with van der Waals surface area (Å²) in [5.41, 5.74) is 1.62. The standard InChI is InChI=1S/C16H10N2OS/c19-16-15-14(12-8-4-5-9-13(12)20-15)17-10-18(16)11-6-2-1-3-7-11/h1-10H. The van der Waals surface area contributed by atoms with E-state index in [1.165, 1.54) is 11.3 Å². The molecule has 0 fully saturated rings. The molecule has 0 aliphatic rings. The van der Waals surface area contributed by atoms with Crippen molar-refractivity contribution in [3.63, 3.8) is 0 Å². The van der Waals surface area contributed by atoms with E-state index in [1.807, 2.05) is 54.6 Å². The van der Waals surface area contributed by atoms with Crippen molar-refractivity contribution in [1.29, 1.82) is 0 Å². The molecular weight excluding hydrogens is 268 g/mol. The summed E-state index contributed by atoms with van der Waals surface area (Å²) < 4.78 is 3.40. The average molecular weight is 278 g/mol. The summed E-state index contributed by atoms with van der Waals surface area (Å²) in [5, 5.41) is 1.05. The SMILES string of the molecule is O=c1c2sc3ccccc3c2ncn1-c1ccccc1. The maximum absolute atomic E-state index is 12.6. The normalized spacial score (nSPS) is 11.2. The van der Waals surface area contributed by atoms with Crippen LogP contribution in [0.25, 0.3) is 26.0 Å². The van der Waals surface area contributed by atoms with Gasteiger partial charge in [0.15, 0.2) is 0 Å². The van der Waals surface area contributed by atoms with Gasteiger partial charge in [0.25, 0.3) is 5.56 Å². The van der Waals surface area contributed by atoms with Gasteiger partial charge in [-0.1, -0.05) is 36.4 Å². The molecule has 0 spiro atoms. The molecule has 0 radical (unpaired) electrons. The van der Waals surface area contributed by atoms with Crippen LogP contribution in [-0.4, -0.2) is 9.55 Å². The van der Waals surface area contributed by atoms with Gasteiger partial charge in [0, 0.05) is 10.1 Å². The third-order valence-corrected chi connectivity index (χ3v) is 4.47. The summed E-state index contributed by atoms with van der Waals surface area (Å²) in [6, 6.07) is 17.5. The van der Waals surface area contributed by atoms with E-state index >= 15 is 0 Å². The number of fused-ring (bicyclic) bond motifs is 3. The second-order valence-electron chi connectivity index (χ2n) is 4.53. The van der Waals surface area contributed by atoms with Crippen LogP contribution in [0, 0.1) is 0 Å². The van der Waals surface area contributed by atoms with Gasteiger partial charge < -0.3 is 0 Å². The Labute approximate surface area is 118 Å². The quantitative estimate of drug-likeness (QED) is 0.533. The van der Waals surface area contributed by atoms with E-state index in [4.69, 9.17) is 0 Å². The van der Waals surface area contributed by atoms with E-state index in [9.17, 15) is 4.79 Å². The molecule has 3 nitrogen and oxygen atoms in total. The minimum Gasteiger partial charge on any atom is -0.267 e. The van der Waals surface area contributed by atoms with Crippen LogP contribution in [-0.2, 0) is 0 Å². The van der Waals surface area contributed by atoms with Crippen molar-refractivity contribution in [3.8, 4) is 5.69 Å². The second kappa shape index (κ2) is 4.28. The lowest BCUT2D eigenvalue weighted by Gasteiger charge is -2.04. The molecule has 2 heterocycles. The molecule has 4 aromatic rings. The van der Waals surface area contributed by atoms with Crippen molar-refractivity contribution >= 4 is 31.6 Å². The van der Waals surface area contributed by atoms with Gasteiger partial charge in [-0.15, -0.1) is 11.3 Å². The lowest BCUT2D eigenvalue weighted by atomic mass is 10.2. The second-order valence-corrected chi connectivity index (χ2v) is 5.58. The maximum atomic E-state index is 12.6. The highest BCUT2D eigenvalue weighted by atomic mass is 32.1. The highest BCUT2D eigenvalue weighted by Gasteiger charge is 2.11. The molecule has 0 aliphatic carbocycles. The Morgan fingerprint density at radius 3 is 2.55 bits per heavy atom. The van der Waals surface area contributed by atoms with E-state index in [-0.39, 0.29) is 5.56 Å². The molecule has 4 heteroatoms. The van der Waals surface area contributed by atoms with Crippen LogP contribution in [0.2, 0.25) is 0 Å². The van der Waals surface area contributed by atoms with Crippen molar-refractivity contribution in [3.05, 3.63) is 71.3 Å². The zero-order valence-corrected chi connectivity index (χ0v) is 11.3. The number of hydrogen-bond acceptors (Lipinski definition) is 3. The molecule has 2 aromatic carbocycles. The first-order valence-corrected chi connectivity index (χ1v) is 7.10. The predicted octanol–water partition coefficient (Wildman–Crippen LogP) is 3.60. The lowest BCUT2D eigenvalue weighted by Crippen LogP contribution is -2.17. The van der Waals surface area contributed by atoms with Crippen molar-refractivity contribution in [2.75, 3.05) is 0 Å². The molecule has 0 saturated carbocycles. The number of para-hydroxylation sites is 1. The monoisotopic (exact) mass is 278 g/mol. The molecule has 0 aliphatic heterocycles. The Morgan fingerprint density at radius 2 is 1.70 bits per heavy atom. The average Bonchev–Trinajstić information content (AvgIpc) is 2.88. The Kier molecular flexibility index (Phi) is 2.44. The van der Waals surface area contributed by atoms with Crippen molar-refractivity contribution in [2.24, 2.45) is 0 Å². The molecule has 20 heavy (non-hydrogen) atoms. The highest BCUT2D eigenvalue weighted by Crippen LogP contribution is 2.29. The molecule has 0 atom stereocenters. The molecular formula is C16H10N2OS. The smallest absolute Gasteiger partial charge is 0.267 e. The van der Waals surface area contributed by atoms with Gasteiger partial charge >= 0.3 is 0 Å². The van der Waals surface area contributed by atoms with E-state index in [1.54, 1.807) is 10.9 Å². The van der Waals surface area contributed by atoms with Crippen LogP contribution in [0.4, 0.5) is 0 Å². The van der Waals surface area contributed by atoms with Crippen LogP contribution >= 0.6 is 11.3 Å². The third-order valence-electron chi connectivity index (χ3n) is 3.32. The van der Waals surface area contributed by atoms with Crippen LogP contribution in [0.5, 0.6) is 0 Å². The van der Waals surface area contributed by atoms with Gasteiger partial charge in [-0.05, 0) is 18.2 Å². The van der Waals surface area contributed by atoms with E-state index < -0.39 is 0 Å². The molecule has 0 saturated heterocycles. The third kappa shape index (κ3) is 1.58. The van der Waals surface area contributed by atoms with Gasteiger partial charge in [0.05, 0.1) is 11.2 Å². The van der Waals surface area contributed by atoms with Gasteiger partial charge in [-0.3, -0.25) is 9.36 Å². The molecule has 2 aromatic heterocycles. The number of thiophene rings is 1. The zero-order valence-electron chi connectivity index (χ0n) is 10.5. The fraction of sp³-hybridized carbons (Fsp3) is 0. The molecule has 0 amide bonds. The molecule has 0 N–H and O–H groups in total. The van der Waals surface area contributed by atoms with E-state index in [2.05, 4.69) is 4.98 Å². The maximum Gasteiger partial charge on any atom is 0.275 e. The van der Waals surface area contributed by atoms with Gasteiger partial charge in [-0.2, -0.15) is 0 Å². The Hall–Kier alpha value is -2.46. The number of benzene rings is 2. The fourth-order valence-corrected chi connectivity index (χ4v) is 3.44. The fourth-order valence-electron chi connectivity index (χ4n) is 2.35. The Morgan fingerprint density at radius 1 is 0.950 bits per heavy atom. The number of hydrogen-bond donors (Lipinski definition) is 0. The Bertz CT molecular complexity index is 970. The minimum absolute atomic E-state index is 0.0117. The molecule has 96 valence electrons. The minimum atomic E-state index is -0.0117. The van der Waals surface area contributed by atoms with E-state index in [0.29, 0.717) is 4.70 Å². The summed E-state index contributed by atoms with van der Waals surface area (Å²) in [4.78, 5) is 17.1. The highest BCUT2D eigenvalue weighted by molar-refractivity contribution is 7.25. The zero-order chi connectivity index (χ0) is 13.5. The van der Waals surface area contributed by atoms with Gasteiger partial charge in [0.1, 0.15) is 11.0 Å². The Balaban J connectivity index is 2.10. The van der Waals surface area contributed by atoms with Gasteiger partial charge in [-0.25, -0.2) is 4.98 Å². The molecule has 0 unspecified atom stereocenters. The van der Waals surface area contributed by atoms with Crippen molar-refractivity contribution in [2.45, 2.75) is 0 Å². The number of nitrogens with zero attached hydrogens (tertiary/aromatic N) is 2. The predicted molar refractivity (Wildman–Crippen MR) is 82.7 cm³/mol. The number of rotatable bonds is 1. The van der Waals surface area contributed by atoms with Gasteiger partial charge in [0.2, 0.25) is 0 Å².